The second-order valence-electron chi connectivity index (χ2n) is 9.48. The van der Waals surface area contributed by atoms with E-state index in [1.165, 1.54) is 4.90 Å². The normalized spacial score (nSPS) is 21.6. The highest BCUT2D eigenvalue weighted by Gasteiger charge is 2.38. The van der Waals surface area contributed by atoms with Crippen molar-refractivity contribution in [1.82, 2.24) is 0 Å². The Morgan fingerprint density at radius 3 is 2.22 bits per heavy atom. The van der Waals surface area contributed by atoms with E-state index in [1.54, 1.807) is 0 Å². The van der Waals surface area contributed by atoms with E-state index in [-0.39, 0.29) is 24.7 Å². The Morgan fingerprint density at radius 1 is 0.757 bits per heavy atom. The smallest absolute Gasteiger partial charge is 0.184 e. The Hall–Kier alpha value is -2.93. The predicted molar refractivity (Wildman–Crippen MR) is 150 cm³/mol. The molecule has 1 aliphatic rings. The molecule has 0 aliphatic carbocycles. The molecular weight excluding hydrogens is 478 g/mol. The standard InChI is InChI=1S/C32H33NO3S/c1-22-30(21-37-29-11-3-2-4-12-29)35-32(36-31(22)25-15-13-23(20-34)14-16-25)28-10-6-9-27(18-28)26-8-5-7-24(17-26)19-33/h2-18,22,30-32,34H,19-21,33H2,1H3. The largest absolute Gasteiger partial charge is 0.392 e. The number of aliphatic hydroxyl groups excluding tert-OH is 1. The number of hydrogen-bond acceptors (Lipinski definition) is 5. The Labute approximate surface area is 223 Å². The van der Waals surface area contributed by atoms with Gasteiger partial charge < -0.3 is 20.3 Å². The number of rotatable bonds is 8. The number of nitrogens with two attached hydrogens (primary N) is 1. The minimum absolute atomic E-state index is 0.00398. The van der Waals surface area contributed by atoms with Crippen LogP contribution in [0.4, 0.5) is 0 Å². The first-order chi connectivity index (χ1) is 18.1. The van der Waals surface area contributed by atoms with Crippen LogP contribution in [0.3, 0.4) is 0 Å². The van der Waals surface area contributed by atoms with Crippen molar-refractivity contribution in [3.05, 3.63) is 125 Å². The molecular formula is C32H33NO3S. The van der Waals surface area contributed by atoms with Gasteiger partial charge in [0, 0.05) is 28.7 Å². The SMILES string of the molecule is CC1C(CSc2ccccc2)OC(c2cccc(-c3cccc(CN)c3)c2)OC1c1ccc(CO)cc1. The third kappa shape index (κ3) is 6.15. The van der Waals surface area contributed by atoms with Gasteiger partial charge in [-0.15, -0.1) is 11.8 Å². The molecule has 1 fully saturated rings. The minimum Gasteiger partial charge on any atom is -0.392 e. The molecule has 0 bridgehead atoms. The van der Waals surface area contributed by atoms with Crippen LogP contribution >= 0.6 is 11.8 Å². The van der Waals surface area contributed by atoms with E-state index in [2.05, 4.69) is 79.7 Å². The van der Waals surface area contributed by atoms with Gasteiger partial charge in [-0.05, 0) is 52.1 Å². The first-order valence-corrected chi connectivity index (χ1v) is 13.7. The van der Waals surface area contributed by atoms with Gasteiger partial charge in [0.05, 0.1) is 18.8 Å². The Kier molecular flexibility index (Phi) is 8.39. The zero-order valence-electron chi connectivity index (χ0n) is 21.0. The average Bonchev–Trinajstić information content (AvgIpc) is 2.97. The van der Waals surface area contributed by atoms with Crippen molar-refractivity contribution in [2.75, 3.05) is 5.75 Å². The van der Waals surface area contributed by atoms with Gasteiger partial charge in [-0.2, -0.15) is 0 Å². The van der Waals surface area contributed by atoms with Crippen LogP contribution in [0.25, 0.3) is 11.1 Å². The lowest BCUT2D eigenvalue weighted by Crippen LogP contribution is -2.38. The second-order valence-corrected chi connectivity index (χ2v) is 10.6. The lowest BCUT2D eigenvalue weighted by molar-refractivity contribution is -0.268. The Balaban J connectivity index is 1.44. The minimum atomic E-state index is -0.488. The number of ether oxygens (including phenoxy) is 2. The van der Waals surface area contributed by atoms with Crippen LogP contribution in [0.1, 0.15) is 41.6 Å². The number of hydrogen-bond donors (Lipinski definition) is 2. The van der Waals surface area contributed by atoms with Crippen molar-refractivity contribution in [3.63, 3.8) is 0 Å². The molecule has 0 amide bonds. The third-order valence-corrected chi connectivity index (χ3v) is 8.04. The van der Waals surface area contributed by atoms with E-state index in [9.17, 15) is 5.11 Å². The molecule has 4 nitrogen and oxygen atoms in total. The zero-order chi connectivity index (χ0) is 25.6. The quantitative estimate of drug-likeness (QED) is 0.252. The van der Waals surface area contributed by atoms with E-state index >= 15 is 0 Å². The first-order valence-electron chi connectivity index (χ1n) is 12.7. The lowest BCUT2D eigenvalue weighted by atomic mass is 9.91. The van der Waals surface area contributed by atoms with Gasteiger partial charge in [0.15, 0.2) is 6.29 Å². The highest BCUT2D eigenvalue weighted by atomic mass is 32.2. The van der Waals surface area contributed by atoms with Crippen molar-refractivity contribution in [1.29, 1.82) is 0 Å². The van der Waals surface area contributed by atoms with Crippen molar-refractivity contribution >= 4 is 11.8 Å². The topological polar surface area (TPSA) is 64.7 Å². The maximum Gasteiger partial charge on any atom is 0.184 e. The van der Waals surface area contributed by atoms with Gasteiger partial charge in [-0.25, -0.2) is 0 Å². The van der Waals surface area contributed by atoms with Gasteiger partial charge in [-0.3, -0.25) is 0 Å². The molecule has 37 heavy (non-hydrogen) atoms. The average molecular weight is 512 g/mol. The van der Waals surface area contributed by atoms with E-state index < -0.39 is 6.29 Å². The molecule has 0 saturated carbocycles. The molecule has 5 heteroatoms. The third-order valence-electron chi connectivity index (χ3n) is 6.94. The lowest BCUT2D eigenvalue weighted by Gasteiger charge is -2.41. The van der Waals surface area contributed by atoms with Crippen LogP contribution in [0, 0.1) is 5.92 Å². The molecule has 190 valence electrons. The summed E-state index contributed by atoms with van der Waals surface area (Å²) < 4.78 is 13.3. The summed E-state index contributed by atoms with van der Waals surface area (Å²) in [5.74, 6) is 0.978. The van der Waals surface area contributed by atoms with Crippen LogP contribution in [-0.2, 0) is 22.6 Å². The monoisotopic (exact) mass is 511 g/mol. The van der Waals surface area contributed by atoms with E-state index in [1.807, 2.05) is 42.1 Å². The predicted octanol–water partition coefficient (Wildman–Crippen LogP) is 6.89. The van der Waals surface area contributed by atoms with Gasteiger partial charge in [0.1, 0.15) is 0 Å². The molecule has 0 radical (unpaired) electrons. The van der Waals surface area contributed by atoms with Gasteiger partial charge >= 0.3 is 0 Å². The number of thioether (sulfide) groups is 1. The molecule has 3 N–H and O–H groups in total. The van der Waals surface area contributed by atoms with Crippen LogP contribution in [0.5, 0.6) is 0 Å². The van der Waals surface area contributed by atoms with Crippen LogP contribution in [0.15, 0.2) is 108 Å². The van der Waals surface area contributed by atoms with Gasteiger partial charge in [-0.1, -0.05) is 85.8 Å². The maximum atomic E-state index is 9.49. The Bertz CT molecular complexity index is 1290. The molecule has 5 rings (SSSR count). The van der Waals surface area contributed by atoms with E-state index in [0.717, 1.165) is 39.1 Å². The van der Waals surface area contributed by atoms with Crippen molar-refractivity contribution in [2.45, 2.75) is 43.5 Å². The number of aliphatic hydroxyl groups is 1. The fraction of sp³-hybridized carbons (Fsp3) is 0.250. The summed E-state index contributed by atoms with van der Waals surface area (Å²) in [6.07, 6.45) is -0.620. The molecule has 1 saturated heterocycles. The summed E-state index contributed by atoms with van der Waals surface area (Å²) in [7, 11) is 0. The van der Waals surface area contributed by atoms with E-state index in [4.69, 9.17) is 15.2 Å². The molecule has 4 unspecified atom stereocenters. The summed E-state index contributed by atoms with van der Waals surface area (Å²) in [6.45, 7) is 2.74. The van der Waals surface area contributed by atoms with Gasteiger partial charge in [0.25, 0.3) is 0 Å². The van der Waals surface area contributed by atoms with Crippen molar-refractivity contribution in [2.24, 2.45) is 11.7 Å². The zero-order valence-corrected chi connectivity index (χ0v) is 21.8. The van der Waals surface area contributed by atoms with Crippen LogP contribution in [-0.4, -0.2) is 17.0 Å². The highest BCUT2D eigenvalue weighted by molar-refractivity contribution is 7.99. The fourth-order valence-corrected chi connectivity index (χ4v) is 5.84. The summed E-state index contributed by atoms with van der Waals surface area (Å²) in [5.41, 5.74) is 12.2. The van der Waals surface area contributed by atoms with Crippen LogP contribution < -0.4 is 5.73 Å². The highest BCUT2D eigenvalue weighted by Crippen LogP contribution is 2.43. The molecule has 4 aromatic rings. The molecule has 1 aliphatic heterocycles. The van der Waals surface area contributed by atoms with E-state index in [0.29, 0.717) is 6.54 Å². The van der Waals surface area contributed by atoms with Crippen molar-refractivity contribution in [3.8, 4) is 11.1 Å². The summed E-state index contributed by atoms with van der Waals surface area (Å²) in [4.78, 5) is 1.23. The number of benzene rings is 4. The van der Waals surface area contributed by atoms with Gasteiger partial charge in [0.2, 0.25) is 0 Å². The Morgan fingerprint density at radius 2 is 1.49 bits per heavy atom. The van der Waals surface area contributed by atoms with Crippen LogP contribution in [0.2, 0.25) is 0 Å². The molecule has 4 aromatic carbocycles. The second kappa shape index (κ2) is 12.1. The first kappa shape index (κ1) is 25.7. The summed E-state index contributed by atoms with van der Waals surface area (Å²) in [5, 5.41) is 9.49. The summed E-state index contributed by atoms with van der Waals surface area (Å²) >= 11 is 1.81. The fourth-order valence-electron chi connectivity index (χ4n) is 4.75. The molecule has 1 heterocycles. The summed E-state index contributed by atoms with van der Waals surface area (Å²) in [6, 6.07) is 35.2. The molecule has 0 spiro atoms. The molecule has 0 aromatic heterocycles. The van der Waals surface area contributed by atoms with Crippen molar-refractivity contribution < 1.29 is 14.6 Å². The maximum absolute atomic E-state index is 9.49. The molecule has 4 atom stereocenters.